The van der Waals surface area contributed by atoms with Crippen LogP contribution in [0.15, 0.2) is 40.9 Å². The van der Waals surface area contributed by atoms with E-state index in [9.17, 15) is 4.79 Å². The number of pyridine rings is 1. The van der Waals surface area contributed by atoms with E-state index in [0.717, 1.165) is 11.1 Å². The predicted molar refractivity (Wildman–Crippen MR) is 110 cm³/mol. The molecule has 1 aromatic carbocycles. The van der Waals surface area contributed by atoms with Gasteiger partial charge in [-0.15, -0.1) is 10.2 Å². The third-order valence-corrected chi connectivity index (χ3v) is 4.65. The predicted octanol–water partition coefficient (Wildman–Crippen LogP) is 3.99. The Labute approximate surface area is 170 Å². The standard InChI is InChI=1S/C22H26N4O3/c1-6-26(16(4)13-28-20-10-8-15(3)12-23-20)22(27)18-9-7-14(2)11-19(18)21-25-24-17(5)29-21/h7-12,16H,6,13H2,1-5H3/t16-/m0/s1. The van der Waals surface area contributed by atoms with Crippen molar-refractivity contribution in [1.29, 1.82) is 0 Å². The van der Waals surface area contributed by atoms with E-state index in [1.54, 1.807) is 18.0 Å². The van der Waals surface area contributed by atoms with Crippen molar-refractivity contribution >= 4 is 5.91 Å². The second-order valence-corrected chi connectivity index (χ2v) is 7.10. The number of benzene rings is 1. The molecule has 2 heterocycles. The summed E-state index contributed by atoms with van der Waals surface area (Å²) in [6.45, 7) is 10.5. The molecule has 0 saturated heterocycles. The lowest BCUT2D eigenvalue weighted by molar-refractivity contribution is 0.0647. The minimum absolute atomic E-state index is 0.105. The van der Waals surface area contributed by atoms with E-state index < -0.39 is 0 Å². The molecule has 0 aliphatic rings. The fraction of sp³-hybridized carbons (Fsp3) is 0.364. The molecule has 0 radical (unpaired) electrons. The average molecular weight is 394 g/mol. The number of amides is 1. The lowest BCUT2D eigenvalue weighted by Crippen LogP contribution is -2.42. The molecule has 2 aromatic heterocycles. The molecule has 7 heteroatoms. The molecule has 1 atom stereocenters. The summed E-state index contributed by atoms with van der Waals surface area (Å²) in [6, 6.07) is 9.24. The van der Waals surface area contributed by atoms with E-state index in [-0.39, 0.29) is 11.9 Å². The molecule has 0 N–H and O–H groups in total. The van der Waals surface area contributed by atoms with E-state index in [1.807, 2.05) is 58.0 Å². The van der Waals surface area contributed by atoms with Crippen LogP contribution in [0.4, 0.5) is 0 Å². The maximum atomic E-state index is 13.4. The number of likely N-dealkylation sites (N-methyl/N-ethyl adjacent to an activating group) is 1. The molecule has 0 aliphatic heterocycles. The summed E-state index contributed by atoms with van der Waals surface area (Å²) >= 11 is 0. The van der Waals surface area contributed by atoms with Crippen LogP contribution in [0.3, 0.4) is 0 Å². The highest BCUT2D eigenvalue weighted by Gasteiger charge is 2.25. The number of carbonyl (C=O) groups is 1. The third kappa shape index (κ3) is 4.80. The van der Waals surface area contributed by atoms with Crippen LogP contribution in [0, 0.1) is 20.8 Å². The molecular formula is C22H26N4O3. The van der Waals surface area contributed by atoms with Gasteiger partial charge in [-0.1, -0.05) is 17.7 Å². The Morgan fingerprint density at radius 2 is 1.90 bits per heavy atom. The largest absolute Gasteiger partial charge is 0.475 e. The summed E-state index contributed by atoms with van der Waals surface area (Å²) in [7, 11) is 0. The van der Waals surface area contributed by atoms with Gasteiger partial charge in [0.1, 0.15) is 6.61 Å². The first-order valence-electron chi connectivity index (χ1n) is 9.66. The summed E-state index contributed by atoms with van der Waals surface area (Å²) < 4.78 is 11.4. The lowest BCUT2D eigenvalue weighted by Gasteiger charge is -2.28. The monoisotopic (exact) mass is 394 g/mol. The van der Waals surface area contributed by atoms with Crippen LogP contribution in [-0.4, -0.2) is 45.2 Å². The van der Waals surface area contributed by atoms with Gasteiger partial charge in [-0.05, 0) is 45.4 Å². The first-order valence-corrected chi connectivity index (χ1v) is 9.66. The molecule has 0 saturated carbocycles. The normalized spacial score (nSPS) is 11.9. The molecule has 1 amide bonds. The topological polar surface area (TPSA) is 81.4 Å². The van der Waals surface area contributed by atoms with Gasteiger partial charge in [0, 0.05) is 25.7 Å². The molecular weight excluding hydrogens is 368 g/mol. The zero-order valence-corrected chi connectivity index (χ0v) is 17.5. The van der Waals surface area contributed by atoms with Gasteiger partial charge < -0.3 is 14.1 Å². The van der Waals surface area contributed by atoms with Crippen LogP contribution < -0.4 is 4.74 Å². The Kier molecular flexibility index (Phi) is 6.26. The fourth-order valence-electron chi connectivity index (χ4n) is 3.07. The molecule has 0 bridgehead atoms. The van der Waals surface area contributed by atoms with Crippen molar-refractivity contribution in [3.63, 3.8) is 0 Å². The molecule has 7 nitrogen and oxygen atoms in total. The average Bonchev–Trinajstić information content (AvgIpc) is 3.14. The first kappa shape index (κ1) is 20.5. The summed E-state index contributed by atoms with van der Waals surface area (Å²) in [5.74, 6) is 1.24. The Balaban J connectivity index is 1.81. The van der Waals surface area contributed by atoms with Crippen LogP contribution in [0.25, 0.3) is 11.5 Å². The maximum absolute atomic E-state index is 13.4. The summed E-state index contributed by atoms with van der Waals surface area (Å²) in [4.78, 5) is 19.4. The Hall–Kier alpha value is -3.22. The summed E-state index contributed by atoms with van der Waals surface area (Å²) in [6.07, 6.45) is 1.76. The SMILES string of the molecule is CCN(C(=O)c1ccc(C)cc1-c1nnc(C)o1)[C@@H](C)COc1ccc(C)cn1. The zero-order chi connectivity index (χ0) is 21.0. The van der Waals surface area contributed by atoms with Gasteiger partial charge in [0.25, 0.3) is 5.91 Å². The summed E-state index contributed by atoms with van der Waals surface area (Å²) in [5, 5.41) is 7.99. The van der Waals surface area contributed by atoms with Crippen molar-refractivity contribution in [1.82, 2.24) is 20.1 Å². The van der Waals surface area contributed by atoms with Crippen LogP contribution >= 0.6 is 0 Å². The number of carbonyl (C=O) groups excluding carboxylic acids is 1. The van der Waals surface area contributed by atoms with Crippen molar-refractivity contribution in [2.45, 2.75) is 40.7 Å². The van der Waals surface area contributed by atoms with Crippen LogP contribution in [0.1, 0.15) is 41.2 Å². The van der Waals surface area contributed by atoms with Gasteiger partial charge in [0.2, 0.25) is 17.7 Å². The van der Waals surface area contributed by atoms with Gasteiger partial charge in [-0.2, -0.15) is 0 Å². The van der Waals surface area contributed by atoms with Crippen LogP contribution in [-0.2, 0) is 0 Å². The Bertz CT molecular complexity index is 982. The number of ether oxygens (including phenoxy) is 1. The molecule has 0 aliphatic carbocycles. The van der Waals surface area contributed by atoms with Gasteiger partial charge in [-0.3, -0.25) is 4.79 Å². The molecule has 3 aromatic rings. The van der Waals surface area contributed by atoms with Crippen molar-refractivity contribution in [2.24, 2.45) is 0 Å². The minimum atomic E-state index is -0.144. The van der Waals surface area contributed by atoms with Gasteiger partial charge in [-0.25, -0.2) is 4.98 Å². The van der Waals surface area contributed by atoms with Crippen LogP contribution in [0.2, 0.25) is 0 Å². The van der Waals surface area contributed by atoms with Crippen LogP contribution in [0.5, 0.6) is 5.88 Å². The smallest absolute Gasteiger partial charge is 0.255 e. The van der Waals surface area contributed by atoms with Crippen molar-refractivity contribution in [2.75, 3.05) is 13.2 Å². The lowest BCUT2D eigenvalue weighted by atomic mass is 10.0. The van der Waals surface area contributed by atoms with Crippen molar-refractivity contribution in [3.8, 4) is 17.3 Å². The number of hydrogen-bond acceptors (Lipinski definition) is 6. The van der Waals surface area contributed by atoms with E-state index in [1.165, 1.54) is 0 Å². The maximum Gasteiger partial charge on any atom is 0.255 e. The highest BCUT2D eigenvalue weighted by Crippen LogP contribution is 2.26. The summed E-state index contributed by atoms with van der Waals surface area (Å²) in [5.41, 5.74) is 3.25. The van der Waals surface area contributed by atoms with E-state index in [2.05, 4.69) is 15.2 Å². The molecule has 0 unspecified atom stereocenters. The number of aryl methyl sites for hydroxylation is 3. The van der Waals surface area contributed by atoms with E-state index in [4.69, 9.17) is 9.15 Å². The zero-order valence-electron chi connectivity index (χ0n) is 17.5. The number of hydrogen-bond donors (Lipinski definition) is 0. The molecule has 0 spiro atoms. The molecule has 29 heavy (non-hydrogen) atoms. The van der Waals surface area contributed by atoms with Gasteiger partial charge >= 0.3 is 0 Å². The van der Waals surface area contributed by atoms with Gasteiger partial charge in [0.05, 0.1) is 17.2 Å². The van der Waals surface area contributed by atoms with Crippen molar-refractivity contribution in [3.05, 3.63) is 59.1 Å². The van der Waals surface area contributed by atoms with Gasteiger partial charge in [0.15, 0.2) is 0 Å². The Morgan fingerprint density at radius 1 is 1.14 bits per heavy atom. The third-order valence-electron chi connectivity index (χ3n) is 4.65. The molecule has 3 rings (SSSR count). The highest BCUT2D eigenvalue weighted by atomic mass is 16.5. The molecule has 152 valence electrons. The minimum Gasteiger partial charge on any atom is -0.475 e. The van der Waals surface area contributed by atoms with E-state index in [0.29, 0.717) is 41.9 Å². The fourth-order valence-corrected chi connectivity index (χ4v) is 3.07. The second-order valence-electron chi connectivity index (χ2n) is 7.10. The van der Waals surface area contributed by atoms with Crippen molar-refractivity contribution < 1.29 is 13.9 Å². The Morgan fingerprint density at radius 3 is 2.52 bits per heavy atom. The quantitative estimate of drug-likeness (QED) is 0.603. The first-order chi connectivity index (χ1) is 13.9. The highest BCUT2D eigenvalue weighted by molar-refractivity contribution is 6.00. The molecule has 0 fully saturated rings. The number of aromatic nitrogens is 3. The second kappa shape index (κ2) is 8.86. The number of rotatable bonds is 7. The van der Waals surface area contributed by atoms with E-state index >= 15 is 0 Å². The number of nitrogens with zero attached hydrogens (tertiary/aromatic N) is 4.